The third-order valence-electron chi connectivity index (χ3n) is 3.83. The highest BCUT2D eigenvalue weighted by atomic mass is 16.3. The van der Waals surface area contributed by atoms with Gasteiger partial charge in [-0.15, -0.1) is 0 Å². The summed E-state index contributed by atoms with van der Waals surface area (Å²) in [6.45, 7) is 0. The number of rotatable bonds is 3. The molecule has 1 fully saturated rings. The molecule has 0 aromatic heterocycles. The molecule has 94 valence electrons. The Morgan fingerprint density at radius 2 is 1.76 bits per heavy atom. The summed E-state index contributed by atoms with van der Waals surface area (Å²) >= 11 is 0. The van der Waals surface area contributed by atoms with E-state index in [0.717, 1.165) is 24.8 Å². The second-order valence-corrected chi connectivity index (χ2v) is 5.13. The van der Waals surface area contributed by atoms with E-state index in [0.29, 0.717) is 6.42 Å². The predicted molar refractivity (Wildman–Crippen MR) is 68.6 cm³/mol. The smallest absolute Gasteiger partial charge is 0.0793 e. The zero-order chi connectivity index (χ0) is 12.1. The van der Waals surface area contributed by atoms with E-state index >= 15 is 0 Å². The summed E-state index contributed by atoms with van der Waals surface area (Å²) in [4.78, 5) is 0. The second kappa shape index (κ2) is 6.18. The fourth-order valence-corrected chi connectivity index (χ4v) is 2.74. The van der Waals surface area contributed by atoms with Crippen LogP contribution in [0.25, 0.3) is 0 Å². The van der Waals surface area contributed by atoms with E-state index in [2.05, 4.69) is 0 Å². The maximum atomic E-state index is 10.2. The van der Waals surface area contributed by atoms with Crippen LogP contribution in [0, 0.1) is 5.92 Å². The Hall–Kier alpha value is -0.860. The van der Waals surface area contributed by atoms with Crippen molar-refractivity contribution >= 4 is 0 Å². The lowest BCUT2D eigenvalue weighted by Gasteiger charge is -2.23. The van der Waals surface area contributed by atoms with Crippen molar-refractivity contribution in [2.75, 3.05) is 0 Å². The lowest BCUT2D eigenvalue weighted by Crippen LogP contribution is -2.21. The molecule has 1 saturated carbocycles. The molecular weight excluding hydrogens is 212 g/mol. The standard InChI is InChI=1S/C15H22O2/c16-14-10-6-2-5-9-13(14)11-15(17)12-7-3-1-4-8-12/h1,3-4,7-8,13-17H,2,5-6,9-11H2/t13-,14+,15+/m0/s1. The number of aliphatic hydroxyl groups is 2. The van der Waals surface area contributed by atoms with Crippen molar-refractivity contribution in [2.45, 2.75) is 50.7 Å². The minimum absolute atomic E-state index is 0.226. The average molecular weight is 234 g/mol. The lowest BCUT2D eigenvalue weighted by molar-refractivity contribution is 0.0565. The van der Waals surface area contributed by atoms with Gasteiger partial charge in [-0.2, -0.15) is 0 Å². The first-order chi connectivity index (χ1) is 8.27. The molecular formula is C15H22O2. The highest BCUT2D eigenvalue weighted by Crippen LogP contribution is 2.31. The quantitative estimate of drug-likeness (QED) is 0.789. The third kappa shape index (κ3) is 3.55. The van der Waals surface area contributed by atoms with Crippen LogP contribution in [0.5, 0.6) is 0 Å². The van der Waals surface area contributed by atoms with Crippen LogP contribution in [0.1, 0.15) is 50.2 Å². The monoisotopic (exact) mass is 234 g/mol. The molecule has 0 bridgehead atoms. The van der Waals surface area contributed by atoms with Crippen LogP contribution < -0.4 is 0 Å². The van der Waals surface area contributed by atoms with Gasteiger partial charge in [0.25, 0.3) is 0 Å². The van der Waals surface area contributed by atoms with Gasteiger partial charge in [-0.05, 0) is 30.7 Å². The minimum Gasteiger partial charge on any atom is -0.393 e. The maximum absolute atomic E-state index is 10.2. The molecule has 2 heteroatoms. The zero-order valence-electron chi connectivity index (χ0n) is 10.3. The van der Waals surface area contributed by atoms with E-state index in [1.165, 1.54) is 12.8 Å². The Kier molecular flexibility index (Phi) is 4.57. The summed E-state index contributed by atoms with van der Waals surface area (Å²) in [5.41, 5.74) is 0.962. The van der Waals surface area contributed by atoms with Crippen molar-refractivity contribution in [3.63, 3.8) is 0 Å². The van der Waals surface area contributed by atoms with Gasteiger partial charge in [0.15, 0.2) is 0 Å². The highest BCUT2D eigenvalue weighted by molar-refractivity contribution is 5.17. The third-order valence-corrected chi connectivity index (χ3v) is 3.83. The second-order valence-electron chi connectivity index (χ2n) is 5.13. The number of hydrogen-bond donors (Lipinski definition) is 2. The van der Waals surface area contributed by atoms with Crippen molar-refractivity contribution in [3.8, 4) is 0 Å². The molecule has 1 aromatic rings. The Balaban J connectivity index is 1.95. The summed E-state index contributed by atoms with van der Waals surface area (Å²) in [6, 6.07) is 9.75. The summed E-state index contributed by atoms with van der Waals surface area (Å²) in [5, 5.41) is 20.2. The van der Waals surface area contributed by atoms with Crippen LogP contribution in [0.15, 0.2) is 30.3 Å². The maximum Gasteiger partial charge on any atom is 0.0793 e. The van der Waals surface area contributed by atoms with Gasteiger partial charge in [0.05, 0.1) is 12.2 Å². The molecule has 1 aliphatic carbocycles. The first-order valence-corrected chi connectivity index (χ1v) is 6.68. The largest absolute Gasteiger partial charge is 0.393 e. The normalized spacial score (nSPS) is 27.4. The molecule has 17 heavy (non-hydrogen) atoms. The van der Waals surface area contributed by atoms with E-state index in [-0.39, 0.29) is 12.0 Å². The first-order valence-electron chi connectivity index (χ1n) is 6.68. The van der Waals surface area contributed by atoms with Gasteiger partial charge in [0, 0.05) is 0 Å². The molecule has 1 aromatic carbocycles. The van der Waals surface area contributed by atoms with Crippen LogP contribution in [0.4, 0.5) is 0 Å². The molecule has 0 radical (unpaired) electrons. The fraction of sp³-hybridized carbons (Fsp3) is 0.600. The summed E-state index contributed by atoms with van der Waals surface area (Å²) in [7, 11) is 0. The van der Waals surface area contributed by atoms with Crippen molar-refractivity contribution in [1.29, 1.82) is 0 Å². The molecule has 3 atom stereocenters. The van der Waals surface area contributed by atoms with Gasteiger partial charge in [-0.3, -0.25) is 0 Å². The molecule has 0 unspecified atom stereocenters. The molecule has 0 heterocycles. The van der Waals surface area contributed by atoms with Crippen molar-refractivity contribution in [2.24, 2.45) is 5.92 Å². The van der Waals surface area contributed by atoms with Gasteiger partial charge in [-0.1, -0.05) is 49.6 Å². The van der Waals surface area contributed by atoms with Crippen molar-refractivity contribution < 1.29 is 10.2 Å². The summed E-state index contributed by atoms with van der Waals surface area (Å²) in [6.07, 6.45) is 5.49. The van der Waals surface area contributed by atoms with Crippen LogP contribution in [0.3, 0.4) is 0 Å². The van der Waals surface area contributed by atoms with E-state index in [1.54, 1.807) is 0 Å². The van der Waals surface area contributed by atoms with Crippen LogP contribution in [-0.2, 0) is 0 Å². The Morgan fingerprint density at radius 3 is 2.53 bits per heavy atom. The number of hydrogen-bond acceptors (Lipinski definition) is 2. The molecule has 2 rings (SSSR count). The van der Waals surface area contributed by atoms with Gasteiger partial charge in [0.2, 0.25) is 0 Å². The number of aliphatic hydroxyl groups excluding tert-OH is 2. The van der Waals surface area contributed by atoms with E-state index in [1.807, 2.05) is 30.3 Å². The Morgan fingerprint density at radius 1 is 1.06 bits per heavy atom. The van der Waals surface area contributed by atoms with Crippen molar-refractivity contribution in [3.05, 3.63) is 35.9 Å². The van der Waals surface area contributed by atoms with Gasteiger partial charge in [-0.25, -0.2) is 0 Å². The molecule has 0 spiro atoms. The summed E-state index contributed by atoms with van der Waals surface area (Å²) in [5.74, 6) is 0.257. The molecule has 1 aliphatic rings. The van der Waals surface area contributed by atoms with E-state index in [4.69, 9.17) is 0 Å². The lowest BCUT2D eigenvalue weighted by atomic mass is 9.89. The molecule has 0 amide bonds. The van der Waals surface area contributed by atoms with Crippen LogP contribution in [0.2, 0.25) is 0 Å². The van der Waals surface area contributed by atoms with Crippen molar-refractivity contribution in [1.82, 2.24) is 0 Å². The molecule has 2 nitrogen and oxygen atoms in total. The van der Waals surface area contributed by atoms with Gasteiger partial charge < -0.3 is 10.2 Å². The van der Waals surface area contributed by atoms with E-state index in [9.17, 15) is 10.2 Å². The van der Waals surface area contributed by atoms with E-state index < -0.39 is 6.10 Å². The van der Waals surface area contributed by atoms with Crippen LogP contribution >= 0.6 is 0 Å². The first kappa shape index (κ1) is 12.6. The SMILES string of the molecule is O[C@H](C[C@@H]1CCCCC[C@H]1O)c1ccccc1. The minimum atomic E-state index is -0.436. The molecule has 0 saturated heterocycles. The fourth-order valence-electron chi connectivity index (χ4n) is 2.74. The topological polar surface area (TPSA) is 40.5 Å². The van der Waals surface area contributed by atoms with Gasteiger partial charge in [0.1, 0.15) is 0 Å². The Labute approximate surface area is 103 Å². The predicted octanol–water partition coefficient (Wildman–Crippen LogP) is 3.05. The van der Waals surface area contributed by atoms with Crippen LogP contribution in [-0.4, -0.2) is 16.3 Å². The summed E-state index contributed by atoms with van der Waals surface area (Å²) < 4.78 is 0. The Bertz CT molecular complexity index is 323. The highest BCUT2D eigenvalue weighted by Gasteiger charge is 2.24. The average Bonchev–Trinajstić information content (AvgIpc) is 2.56. The molecule has 0 aliphatic heterocycles. The van der Waals surface area contributed by atoms with Gasteiger partial charge >= 0.3 is 0 Å². The zero-order valence-corrected chi connectivity index (χ0v) is 10.3. The number of benzene rings is 1. The molecule has 2 N–H and O–H groups in total.